The first-order valence-electron chi connectivity index (χ1n) is 13.1. The number of benzene rings is 2. The summed E-state index contributed by atoms with van der Waals surface area (Å²) in [5.41, 5.74) is 6.54. The summed E-state index contributed by atoms with van der Waals surface area (Å²) in [6.07, 6.45) is 0.582. The van der Waals surface area contributed by atoms with E-state index >= 15 is 0 Å². The number of hydrogen-bond acceptors (Lipinski definition) is 6. The molecule has 0 radical (unpaired) electrons. The Bertz CT molecular complexity index is 1170. The van der Waals surface area contributed by atoms with E-state index in [1.54, 1.807) is 42.5 Å². The Morgan fingerprint density at radius 1 is 1.05 bits per heavy atom. The second-order valence-electron chi connectivity index (χ2n) is 9.38. The minimum absolute atomic E-state index is 0.0169. The smallest absolute Gasteiger partial charge is 0.408 e. The van der Waals surface area contributed by atoms with Gasteiger partial charge in [0, 0.05) is 13.1 Å². The minimum Gasteiger partial charge on any atom is -0.445 e. The molecule has 0 unspecified atom stereocenters. The number of Topliss-reactive ketones (excluding diaryl/α,β-unsaturated/α-hetero) is 1. The molecule has 0 spiro atoms. The van der Waals surface area contributed by atoms with Gasteiger partial charge in [-0.3, -0.25) is 19.8 Å². The highest BCUT2D eigenvalue weighted by Gasteiger charge is 2.39. The van der Waals surface area contributed by atoms with Gasteiger partial charge >= 0.3 is 6.09 Å². The molecule has 1 fully saturated rings. The zero-order valence-corrected chi connectivity index (χ0v) is 22.1. The topological polar surface area (TPSA) is 167 Å². The van der Waals surface area contributed by atoms with Crippen LogP contribution in [-0.2, 0) is 25.7 Å². The van der Waals surface area contributed by atoms with Gasteiger partial charge in [0.25, 0.3) is 5.91 Å². The number of halogens is 1. The molecule has 6 N–H and O–H groups in total. The highest BCUT2D eigenvalue weighted by molar-refractivity contribution is 5.95. The van der Waals surface area contributed by atoms with E-state index in [-0.39, 0.29) is 32.1 Å². The average molecular weight is 555 g/mol. The van der Waals surface area contributed by atoms with E-state index in [1.807, 2.05) is 18.2 Å². The molecule has 3 amide bonds. The molecule has 1 aliphatic rings. The zero-order valence-electron chi connectivity index (χ0n) is 22.1. The van der Waals surface area contributed by atoms with Crippen molar-refractivity contribution < 1.29 is 28.3 Å². The van der Waals surface area contributed by atoms with Crippen LogP contribution in [0.1, 0.15) is 42.9 Å². The van der Waals surface area contributed by atoms with Crippen molar-refractivity contribution in [3.05, 3.63) is 71.8 Å². The molecule has 0 aromatic heterocycles. The lowest BCUT2D eigenvalue weighted by molar-refractivity contribution is -0.141. The second kappa shape index (κ2) is 15.2. The maximum absolute atomic E-state index is 13.7. The number of alkyl halides is 1. The van der Waals surface area contributed by atoms with E-state index < -0.39 is 48.5 Å². The van der Waals surface area contributed by atoms with Crippen LogP contribution in [0.15, 0.2) is 60.7 Å². The Morgan fingerprint density at radius 2 is 1.73 bits per heavy atom. The number of hydrogen-bond donors (Lipinski definition) is 5. The van der Waals surface area contributed by atoms with Gasteiger partial charge in [0.2, 0.25) is 5.91 Å². The first-order chi connectivity index (χ1) is 19.3. The molecule has 0 aliphatic carbocycles. The van der Waals surface area contributed by atoms with Gasteiger partial charge in [-0.15, -0.1) is 0 Å². The number of ketones is 1. The summed E-state index contributed by atoms with van der Waals surface area (Å²) in [7, 11) is 0. The highest BCUT2D eigenvalue weighted by atomic mass is 19.1. The minimum atomic E-state index is -1.25. The number of guanidine groups is 1. The molecule has 2 aromatic carbocycles. The average Bonchev–Trinajstić information content (AvgIpc) is 3.47. The lowest BCUT2D eigenvalue weighted by Crippen LogP contribution is -2.53. The van der Waals surface area contributed by atoms with Gasteiger partial charge in [-0.25, -0.2) is 9.18 Å². The van der Waals surface area contributed by atoms with Gasteiger partial charge in [0.1, 0.15) is 25.4 Å². The molecule has 11 nitrogen and oxygen atoms in total. The molecule has 12 heteroatoms. The van der Waals surface area contributed by atoms with Crippen molar-refractivity contribution in [3.63, 3.8) is 0 Å². The molecule has 3 atom stereocenters. The van der Waals surface area contributed by atoms with Crippen LogP contribution in [0.4, 0.5) is 9.18 Å². The van der Waals surface area contributed by atoms with Crippen LogP contribution in [0.2, 0.25) is 0 Å². The quantitative estimate of drug-likeness (QED) is 0.143. The normalized spacial score (nSPS) is 15.9. The predicted octanol–water partition coefficient (Wildman–Crippen LogP) is 1.93. The van der Waals surface area contributed by atoms with E-state index in [4.69, 9.17) is 15.9 Å². The SMILES string of the molecule is N=C(N)NCCC[C@H](NC(=O)[C@@H]1CCCN1C(=O)[C@@H](NC(=O)OCc1ccccc1)c1ccccc1)C(=O)CF. The fraction of sp³-hybridized carbons (Fsp3) is 0.393. The molecule has 2 aromatic rings. The van der Waals surface area contributed by atoms with E-state index in [0.29, 0.717) is 24.8 Å². The van der Waals surface area contributed by atoms with E-state index in [0.717, 1.165) is 5.56 Å². The number of carbonyl (C=O) groups excluding carboxylic acids is 4. The van der Waals surface area contributed by atoms with Gasteiger partial charge in [-0.1, -0.05) is 60.7 Å². The van der Waals surface area contributed by atoms with Crippen molar-refractivity contribution in [2.75, 3.05) is 19.8 Å². The number of alkyl carbamates (subject to hydrolysis) is 1. The number of nitrogens with one attached hydrogen (secondary N) is 4. The van der Waals surface area contributed by atoms with Gasteiger partial charge in [0.15, 0.2) is 11.7 Å². The third kappa shape index (κ3) is 8.79. The number of amides is 3. The molecular weight excluding hydrogens is 519 g/mol. The number of carbonyl (C=O) groups is 4. The standard InChI is InChI=1S/C28H35FN6O5/c29-17-23(36)21(13-7-15-32-27(30)31)33-25(37)22-14-8-16-35(22)26(38)24(20-11-5-2-6-12-20)34-28(39)40-18-19-9-3-1-4-10-19/h1-6,9-12,21-22,24H,7-8,13-18H2,(H,33,37)(H,34,39)(H4,30,31,32)/t21-,22-,24-/m0/s1. The van der Waals surface area contributed by atoms with Crippen molar-refractivity contribution in [2.45, 2.75) is 50.4 Å². The Morgan fingerprint density at radius 3 is 2.38 bits per heavy atom. The number of nitrogens with zero attached hydrogens (tertiary/aromatic N) is 1. The van der Waals surface area contributed by atoms with Gasteiger partial charge in [-0.2, -0.15) is 0 Å². The molecule has 40 heavy (non-hydrogen) atoms. The molecule has 1 saturated heterocycles. The maximum atomic E-state index is 13.7. The molecule has 214 valence electrons. The summed E-state index contributed by atoms with van der Waals surface area (Å²) < 4.78 is 18.5. The van der Waals surface area contributed by atoms with E-state index in [1.165, 1.54) is 4.90 Å². The number of likely N-dealkylation sites (tertiary alicyclic amines) is 1. The van der Waals surface area contributed by atoms with E-state index in [2.05, 4.69) is 16.0 Å². The van der Waals surface area contributed by atoms with Crippen LogP contribution in [-0.4, -0.2) is 66.4 Å². The Hall–Kier alpha value is -4.48. The Balaban J connectivity index is 1.69. The fourth-order valence-corrected chi connectivity index (χ4v) is 4.49. The second-order valence-corrected chi connectivity index (χ2v) is 9.38. The largest absolute Gasteiger partial charge is 0.445 e. The first kappa shape index (κ1) is 30.1. The van der Waals surface area contributed by atoms with Gasteiger partial charge < -0.3 is 31.3 Å². The summed E-state index contributed by atoms with van der Waals surface area (Å²) in [5.74, 6) is -2.09. The third-order valence-electron chi connectivity index (χ3n) is 6.52. The molecule has 0 saturated carbocycles. The van der Waals surface area contributed by atoms with Crippen LogP contribution in [0.3, 0.4) is 0 Å². The molecule has 0 bridgehead atoms. The van der Waals surface area contributed by atoms with Crippen molar-refractivity contribution in [1.29, 1.82) is 5.41 Å². The van der Waals surface area contributed by atoms with Crippen molar-refractivity contribution in [3.8, 4) is 0 Å². The lowest BCUT2D eigenvalue weighted by atomic mass is 10.0. The summed E-state index contributed by atoms with van der Waals surface area (Å²) in [6.45, 7) is -0.683. The van der Waals surface area contributed by atoms with Gasteiger partial charge in [-0.05, 0) is 36.8 Å². The number of nitrogens with two attached hydrogens (primary N) is 1. The van der Waals surface area contributed by atoms with E-state index in [9.17, 15) is 23.6 Å². The summed E-state index contributed by atoms with van der Waals surface area (Å²) in [4.78, 5) is 53.2. The van der Waals surface area contributed by atoms with Crippen LogP contribution in [0.25, 0.3) is 0 Å². The Labute approximate surface area is 232 Å². The summed E-state index contributed by atoms with van der Waals surface area (Å²) >= 11 is 0. The van der Waals surface area contributed by atoms with Crippen molar-refractivity contribution in [1.82, 2.24) is 20.9 Å². The third-order valence-corrected chi connectivity index (χ3v) is 6.52. The van der Waals surface area contributed by atoms with Crippen LogP contribution in [0.5, 0.6) is 0 Å². The number of rotatable bonds is 13. The van der Waals surface area contributed by atoms with Crippen molar-refractivity contribution >= 4 is 29.7 Å². The van der Waals surface area contributed by atoms with Gasteiger partial charge in [0.05, 0.1) is 6.04 Å². The molecule has 3 rings (SSSR count). The summed E-state index contributed by atoms with van der Waals surface area (Å²) in [6, 6.07) is 14.6. The summed E-state index contributed by atoms with van der Waals surface area (Å²) in [5, 5.41) is 15.0. The highest BCUT2D eigenvalue weighted by Crippen LogP contribution is 2.24. The van der Waals surface area contributed by atoms with Crippen molar-refractivity contribution in [2.24, 2.45) is 5.73 Å². The van der Waals surface area contributed by atoms with Crippen LogP contribution >= 0.6 is 0 Å². The predicted molar refractivity (Wildman–Crippen MR) is 146 cm³/mol. The number of ether oxygens (including phenoxy) is 1. The maximum Gasteiger partial charge on any atom is 0.408 e. The van der Waals surface area contributed by atoms with Crippen LogP contribution < -0.4 is 21.7 Å². The molecule has 1 heterocycles. The molecule has 1 aliphatic heterocycles. The monoisotopic (exact) mass is 554 g/mol. The zero-order chi connectivity index (χ0) is 28.9. The van der Waals surface area contributed by atoms with Crippen LogP contribution in [0, 0.1) is 5.41 Å². The Kier molecular flexibility index (Phi) is 11.4. The first-order valence-corrected chi connectivity index (χ1v) is 13.1. The fourth-order valence-electron chi connectivity index (χ4n) is 4.49. The molecular formula is C28H35FN6O5. The lowest BCUT2D eigenvalue weighted by Gasteiger charge is -2.29.